The summed E-state index contributed by atoms with van der Waals surface area (Å²) in [6.07, 6.45) is 0.571. The average molecular weight is 204 g/mol. The van der Waals surface area contributed by atoms with Crippen molar-refractivity contribution in [2.24, 2.45) is 5.73 Å². The van der Waals surface area contributed by atoms with Gasteiger partial charge < -0.3 is 20.9 Å². The molecule has 0 aliphatic carbocycles. The maximum absolute atomic E-state index is 11.1. The molecule has 0 heterocycles. The van der Waals surface area contributed by atoms with Crippen molar-refractivity contribution in [2.45, 2.75) is 19.4 Å². The Balaban J connectivity index is 3.36. The lowest BCUT2D eigenvalue weighted by Crippen LogP contribution is -2.41. The van der Waals surface area contributed by atoms with Gasteiger partial charge in [-0.05, 0) is 6.42 Å². The number of carbonyl (C=O) groups is 2. The predicted molar refractivity (Wildman–Crippen MR) is 49.7 cm³/mol. The average Bonchev–Trinajstić information content (AvgIpc) is 2.15. The molecule has 0 aromatic rings. The molecule has 0 unspecified atom stereocenters. The van der Waals surface area contributed by atoms with Crippen molar-refractivity contribution >= 4 is 11.9 Å². The van der Waals surface area contributed by atoms with E-state index < -0.39 is 12.0 Å². The molecule has 1 atom stereocenters. The fourth-order valence-electron chi connectivity index (χ4n) is 0.722. The van der Waals surface area contributed by atoms with Crippen molar-refractivity contribution < 1.29 is 19.4 Å². The van der Waals surface area contributed by atoms with Crippen molar-refractivity contribution in [3.63, 3.8) is 0 Å². The van der Waals surface area contributed by atoms with E-state index in [1.54, 1.807) is 0 Å². The standard InChI is InChI=1S/C8H16N2O4/c1-2-6(9)8(13)10-3-4-14-5-7(11)12/h6H,2-5,9H2,1H3,(H,10,13)(H,11,12)/t6-/m1/s1. The molecule has 0 saturated heterocycles. The highest BCUT2D eigenvalue weighted by Gasteiger charge is 2.09. The molecule has 0 saturated carbocycles. The van der Waals surface area contributed by atoms with Crippen LogP contribution in [0.4, 0.5) is 0 Å². The molecule has 0 rings (SSSR count). The smallest absolute Gasteiger partial charge is 0.329 e. The van der Waals surface area contributed by atoms with Crippen LogP contribution in [-0.4, -0.2) is 42.8 Å². The molecule has 14 heavy (non-hydrogen) atoms. The lowest BCUT2D eigenvalue weighted by molar-refractivity contribution is -0.142. The molecule has 6 nitrogen and oxygen atoms in total. The van der Waals surface area contributed by atoms with Crippen LogP contribution in [0.25, 0.3) is 0 Å². The minimum absolute atomic E-state index is 0.175. The lowest BCUT2D eigenvalue weighted by Gasteiger charge is -2.09. The van der Waals surface area contributed by atoms with E-state index in [1.165, 1.54) is 0 Å². The first kappa shape index (κ1) is 12.9. The van der Waals surface area contributed by atoms with E-state index in [9.17, 15) is 9.59 Å². The predicted octanol–water partition coefficient (Wildman–Crippen LogP) is -1.06. The summed E-state index contributed by atoms with van der Waals surface area (Å²) in [6.45, 7) is 1.91. The van der Waals surface area contributed by atoms with Crippen molar-refractivity contribution in [2.75, 3.05) is 19.8 Å². The maximum atomic E-state index is 11.1. The maximum Gasteiger partial charge on any atom is 0.329 e. The number of ether oxygens (including phenoxy) is 1. The topological polar surface area (TPSA) is 102 Å². The Morgan fingerprint density at radius 3 is 2.71 bits per heavy atom. The Morgan fingerprint density at radius 2 is 2.21 bits per heavy atom. The van der Waals surface area contributed by atoms with Gasteiger partial charge in [0.05, 0.1) is 12.6 Å². The zero-order valence-corrected chi connectivity index (χ0v) is 8.16. The molecular formula is C8H16N2O4. The van der Waals surface area contributed by atoms with Gasteiger partial charge in [-0.1, -0.05) is 6.92 Å². The number of nitrogens with one attached hydrogen (secondary N) is 1. The second-order valence-corrected chi connectivity index (χ2v) is 2.75. The normalized spacial score (nSPS) is 12.1. The van der Waals surface area contributed by atoms with E-state index in [-0.39, 0.29) is 25.7 Å². The summed E-state index contributed by atoms with van der Waals surface area (Å²) in [5.74, 6) is -1.27. The molecule has 0 aliphatic heterocycles. The molecule has 1 amide bonds. The molecular weight excluding hydrogens is 188 g/mol. The van der Waals surface area contributed by atoms with E-state index in [2.05, 4.69) is 5.32 Å². The van der Waals surface area contributed by atoms with Crippen LogP contribution >= 0.6 is 0 Å². The number of hydrogen-bond donors (Lipinski definition) is 3. The summed E-state index contributed by atoms with van der Waals surface area (Å²) in [4.78, 5) is 21.1. The Hall–Kier alpha value is -1.14. The zero-order chi connectivity index (χ0) is 11.0. The number of carboxylic acids is 1. The van der Waals surface area contributed by atoms with Crippen LogP contribution < -0.4 is 11.1 Å². The van der Waals surface area contributed by atoms with E-state index in [0.717, 1.165) is 0 Å². The third-order valence-electron chi connectivity index (χ3n) is 1.55. The van der Waals surface area contributed by atoms with Gasteiger partial charge in [-0.3, -0.25) is 4.79 Å². The molecule has 4 N–H and O–H groups in total. The molecule has 82 valence electrons. The third-order valence-corrected chi connectivity index (χ3v) is 1.55. The first-order chi connectivity index (χ1) is 6.57. The van der Waals surface area contributed by atoms with Crippen molar-refractivity contribution in [1.29, 1.82) is 0 Å². The van der Waals surface area contributed by atoms with Crippen LogP contribution in [0.5, 0.6) is 0 Å². The number of rotatable bonds is 7. The highest BCUT2D eigenvalue weighted by Crippen LogP contribution is 1.84. The number of carbonyl (C=O) groups excluding carboxylic acids is 1. The highest BCUT2D eigenvalue weighted by molar-refractivity contribution is 5.81. The minimum atomic E-state index is -1.03. The Morgan fingerprint density at radius 1 is 1.57 bits per heavy atom. The SMILES string of the molecule is CC[C@@H](N)C(=O)NCCOCC(=O)O. The van der Waals surface area contributed by atoms with Gasteiger partial charge in [0.2, 0.25) is 5.91 Å². The van der Waals surface area contributed by atoms with Crippen LogP contribution in [0.1, 0.15) is 13.3 Å². The fourth-order valence-corrected chi connectivity index (χ4v) is 0.722. The van der Waals surface area contributed by atoms with Gasteiger partial charge in [-0.15, -0.1) is 0 Å². The van der Waals surface area contributed by atoms with Gasteiger partial charge in [-0.2, -0.15) is 0 Å². The summed E-state index contributed by atoms with van der Waals surface area (Å²) < 4.78 is 4.70. The summed E-state index contributed by atoms with van der Waals surface area (Å²) in [6, 6.07) is -0.505. The van der Waals surface area contributed by atoms with Crippen molar-refractivity contribution in [1.82, 2.24) is 5.32 Å². The molecule has 0 spiro atoms. The number of carboxylic acid groups (broad SMARTS) is 1. The molecule has 0 radical (unpaired) electrons. The van der Waals surface area contributed by atoms with Gasteiger partial charge in [0.15, 0.2) is 0 Å². The number of nitrogens with two attached hydrogens (primary N) is 1. The van der Waals surface area contributed by atoms with Gasteiger partial charge in [0, 0.05) is 6.54 Å². The summed E-state index contributed by atoms with van der Waals surface area (Å²) in [5, 5.41) is 10.7. The molecule has 0 aromatic carbocycles. The second-order valence-electron chi connectivity index (χ2n) is 2.75. The summed E-state index contributed by atoms with van der Waals surface area (Å²) in [7, 11) is 0. The second kappa shape index (κ2) is 7.28. The molecule has 0 aromatic heterocycles. The Labute approximate surface area is 82.4 Å². The summed E-state index contributed by atoms with van der Waals surface area (Å²) in [5.41, 5.74) is 5.43. The van der Waals surface area contributed by atoms with E-state index in [0.29, 0.717) is 6.42 Å². The van der Waals surface area contributed by atoms with E-state index in [4.69, 9.17) is 15.6 Å². The van der Waals surface area contributed by atoms with Crippen LogP contribution in [-0.2, 0) is 14.3 Å². The minimum Gasteiger partial charge on any atom is -0.480 e. The summed E-state index contributed by atoms with van der Waals surface area (Å²) >= 11 is 0. The van der Waals surface area contributed by atoms with E-state index >= 15 is 0 Å². The molecule has 0 bridgehead atoms. The van der Waals surface area contributed by atoms with Gasteiger partial charge in [0.1, 0.15) is 6.61 Å². The first-order valence-electron chi connectivity index (χ1n) is 4.40. The third kappa shape index (κ3) is 6.38. The van der Waals surface area contributed by atoms with Crippen LogP contribution in [0.15, 0.2) is 0 Å². The lowest BCUT2D eigenvalue weighted by atomic mass is 10.2. The van der Waals surface area contributed by atoms with Gasteiger partial charge in [-0.25, -0.2) is 4.79 Å². The fraction of sp³-hybridized carbons (Fsp3) is 0.750. The van der Waals surface area contributed by atoms with Gasteiger partial charge in [0.25, 0.3) is 0 Å². The molecule has 0 aliphatic rings. The first-order valence-corrected chi connectivity index (χ1v) is 4.40. The Bertz CT molecular complexity index is 196. The number of aliphatic carboxylic acids is 1. The number of amides is 1. The molecule has 0 fully saturated rings. The zero-order valence-electron chi connectivity index (χ0n) is 8.16. The Kier molecular flexibility index (Phi) is 6.69. The molecule has 6 heteroatoms. The quantitative estimate of drug-likeness (QED) is 0.459. The van der Waals surface area contributed by atoms with Crippen LogP contribution in [0.2, 0.25) is 0 Å². The number of hydrogen-bond acceptors (Lipinski definition) is 4. The monoisotopic (exact) mass is 204 g/mol. The largest absolute Gasteiger partial charge is 0.480 e. The van der Waals surface area contributed by atoms with Crippen LogP contribution in [0.3, 0.4) is 0 Å². The van der Waals surface area contributed by atoms with E-state index in [1.807, 2.05) is 6.92 Å². The van der Waals surface area contributed by atoms with Crippen LogP contribution in [0, 0.1) is 0 Å². The van der Waals surface area contributed by atoms with Crippen molar-refractivity contribution in [3.8, 4) is 0 Å². The van der Waals surface area contributed by atoms with Gasteiger partial charge >= 0.3 is 5.97 Å². The van der Waals surface area contributed by atoms with Crippen molar-refractivity contribution in [3.05, 3.63) is 0 Å². The highest BCUT2D eigenvalue weighted by atomic mass is 16.5.